The Morgan fingerprint density at radius 3 is 2.52 bits per heavy atom. The van der Waals surface area contributed by atoms with Gasteiger partial charge in [0.1, 0.15) is 11.6 Å². The van der Waals surface area contributed by atoms with Crippen molar-refractivity contribution in [2.24, 2.45) is 0 Å². The Labute approximate surface area is 154 Å². The molecule has 1 unspecified atom stereocenters. The summed E-state index contributed by atoms with van der Waals surface area (Å²) >= 11 is 3.33. The van der Waals surface area contributed by atoms with E-state index in [1.54, 1.807) is 39.0 Å². The predicted molar refractivity (Wildman–Crippen MR) is 96.1 cm³/mol. The van der Waals surface area contributed by atoms with Gasteiger partial charge >= 0.3 is 12.1 Å². The molecule has 1 heterocycles. The van der Waals surface area contributed by atoms with Crippen molar-refractivity contribution in [1.29, 1.82) is 0 Å². The molecule has 0 radical (unpaired) electrons. The first kappa shape index (κ1) is 19.2. The number of carbonyl (C=O) groups is 3. The summed E-state index contributed by atoms with van der Waals surface area (Å²) in [6.07, 6.45) is 0.117. The summed E-state index contributed by atoms with van der Waals surface area (Å²) in [4.78, 5) is 38.0. The van der Waals surface area contributed by atoms with Crippen LogP contribution in [-0.2, 0) is 9.53 Å². The van der Waals surface area contributed by atoms with Crippen LogP contribution in [0.4, 0.5) is 10.5 Å². The molecule has 8 heteroatoms. The largest absolute Gasteiger partial charge is 0.480 e. The molecule has 1 aromatic rings. The number of hydrogen-bond donors (Lipinski definition) is 1. The van der Waals surface area contributed by atoms with Crippen LogP contribution in [0.5, 0.6) is 0 Å². The molecule has 1 aliphatic rings. The highest BCUT2D eigenvalue weighted by Crippen LogP contribution is 2.26. The van der Waals surface area contributed by atoms with Crippen molar-refractivity contribution in [1.82, 2.24) is 4.90 Å². The Kier molecular flexibility index (Phi) is 5.72. The summed E-state index contributed by atoms with van der Waals surface area (Å²) in [7, 11) is 0. The number of carbonyl (C=O) groups excluding carboxylic acids is 2. The van der Waals surface area contributed by atoms with Crippen LogP contribution in [0.25, 0.3) is 0 Å². The van der Waals surface area contributed by atoms with Gasteiger partial charge in [0.05, 0.1) is 0 Å². The second-order valence-electron chi connectivity index (χ2n) is 6.80. The highest BCUT2D eigenvalue weighted by atomic mass is 79.9. The number of aldehydes is 1. The predicted octanol–water partition coefficient (Wildman–Crippen LogP) is 2.77. The number of anilines is 1. The number of benzene rings is 1. The molecule has 136 valence electrons. The van der Waals surface area contributed by atoms with Gasteiger partial charge in [-0.3, -0.25) is 9.69 Å². The van der Waals surface area contributed by atoms with E-state index in [-0.39, 0.29) is 13.1 Å². The third-order valence-corrected chi connectivity index (χ3v) is 4.46. The Balaban J connectivity index is 2.18. The summed E-state index contributed by atoms with van der Waals surface area (Å²) in [5.41, 5.74) is 0.616. The lowest BCUT2D eigenvalue weighted by molar-refractivity contribution is -0.143. The monoisotopic (exact) mass is 412 g/mol. The Hall–Kier alpha value is -2.09. The second-order valence-corrected chi connectivity index (χ2v) is 7.65. The third-order valence-electron chi connectivity index (χ3n) is 3.77. The van der Waals surface area contributed by atoms with Gasteiger partial charge in [-0.05, 0) is 54.9 Å². The van der Waals surface area contributed by atoms with Crippen molar-refractivity contribution in [2.75, 3.05) is 24.5 Å². The first-order valence-corrected chi connectivity index (χ1v) is 8.64. The zero-order valence-electron chi connectivity index (χ0n) is 14.4. The number of carboxylic acid groups (broad SMARTS) is 1. The van der Waals surface area contributed by atoms with Crippen molar-refractivity contribution < 1.29 is 24.2 Å². The fraction of sp³-hybridized carbons (Fsp3) is 0.471. The molecule has 0 aliphatic carbocycles. The van der Waals surface area contributed by atoms with Gasteiger partial charge in [0, 0.05) is 35.4 Å². The molecular weight excluding hydrogens is 392 g/mol. The van der Waals surface area contributed by atoms with E-state index < -0.39 is 23.7 Å². The summed E-state index contributed by atoms with van der Waals surface area (Å²) in [5.74, 6) is -1.08. The Bertz CT molecular complexity index is 686. The topological polar surface area (TPSA) is 87.2 Å². The first-order valence-electron chi connectivity index (χ1n) is 7.84. The van der Waals surface area contributed by atoms with Crippen molar-refractivity contribution >= 4 is 40.0 Å². The highest BCUT2D eigenvalue weighted by molar-refractivity contribution is 9.10. The number of nitrogens with zero attached hydrogens (tertiary/aromatic N) is 2. The van der Waals surface area contributed by atoms with Crippen LogP contribution in [0, 0.1) is 0 Å². The van der Waals surface area contributed by atoms with Crippen molar-refractivity contribution in [3.63, 3.8) is 0 Å². The molecule has 1 aromatic carbocycles. The maximum atomic E-state index is 12.3. The second kappa shape index (κ2) is 7.43. The minimum absolute atomic E-state index is 0.140. The molecule has 1 amide bonds. The maximum Gasteiger partial charge on any atom is 0.411 e. The number of carboxylic acids is 1. The summed E-state index contributed by atoms with van der Waals surface area (Å²) in [5, 5.41) is 9.53. The quantitative estimate of drug-likeness (QED) is 0.767. The number of ether oxygens (including phenoxy) is 1. The van der Waals surface area contributed by atoms with Crippen LogP contribution in [0.1, 0.15) is 31.1 Å². The third kappa shape index (κ3) is 4.72. The van der Waals surface area contributed by atoms with Gasteiger partial charge in [-0.25, -0.2) is 9.59 Å². The zero-order valence-corrected chi connectivity index (χ0v) is 15.9. The molecule has 1 saturated heterocycles. The lowest BCUT2D eigenvalue weighted by atomic mass is 10.1. The van der Waals surface area contributed by atoms with E-state index in [1.165, 1.54) is 4.90 Å². The van der Waals surface area contributed by atoms with E-state index in [4.69, 9.17) is 4.74 Å². The molecule has 0 bridgehead atoms. The average molecular weight is 413 g/mol. The average Bonchev–Trinajstić information content (AvgIpc) is 2.52. The molecule has 7 nitrogen and oxygen atoms in total. The summed E-state index contributed by atoms with van der Waals surface area (Å²) in [6.45, 7) is 6.06. The van der Waals surface area contributed by atoms with Gasteiger partial charge in [-0.15, -0.1) is 0 Å². The number of halogens is 1. The molecule has 2 rings (SSSR count). The highest BCUT2D eigenvalue weighted by Gasteiger charge is 2.37. The van der Waals surface area contributed by atoms with E-state index in [2.05, 4.69) is 15.9 Å². The Morgan fingerprint density at radius 1 is 1.32 bits per heavy atom. The maximum absolute atomic E-state index is 12.3. The summed E-state index contributed by atoms with van der Waals surface area (Å²) in [6, 6.07) is 4.19. The Morgan fingerprint density at radius 2 is 2.00 bits per heavy atom. The van der Waals surface area contributed by atoms with Crippen LogP contribution >= 0.6 is 15.9 Å². The van der Waals surface area contributed by atoms with Crippen LogP contribution < -0.4 is 4.90 Å². The zero-order chi connectivity index (χ0) is 18.8. The minimum Gasteiger partial charge on any atom is -0.480 e. The van der Waals surface area contributed by atoms with Crippen LogP contribution in [0.2, 0.25) is 0 Å². The lowest BCUT2D eigenvalue weighted by Gasteiger charge is -2.40. The molecule has 0 saturated carbocycles. The van der Waals surface area contributed by atoms with Crippen LogP contribution in [0.15, 0.2) is 22.7 Å². The van der Waals surface area contributed by atoms with E-state index in [9.17, 15) is 19.5 Å². The van der Waals surface area contributed by atoms with E-state index >= 15 is 0 Å². The van der Waals surface area contributed by atoms with Gasteiger partial charge in [-0.2, -0.15) is 0 Å². The molecule has 1 N–H and O–H groups in total. The van der Waals surface area contributed by atoms with Crippen molar-refractivity contribution in [2.45, 2.75) is 32.4 Å². The lowest BCUT2D eigenvalue weighted by Crippen LogP contribution is -2.59. The van der Waals surface area contributed by atoms with Gasteiger partial charge in [0.2, 0.25) is 0 Å². The summed E-state index contributed by atoms with van der Waals surface area (Å²) < 4.78 is 5.95. The standard InChI is InChI=1S/C17H21BrN2O5/c1-17(2,3)25-16(24)20-7-6-19(9-14(20)15(22)23)12-5-4-11(10-21)13(18)8-12/h4-5,8,10,14H,6-7,9H2,1-3H3,(H,22,23). The van der Waals surface area contributed by atoms with Crippen molar-refractivity contribution in [3.8, 4) is 0 Å². The first-order chi connectivity index (χ1) is 11.6. The number of hydrogen-bond acceptors (Lipinski definition) is 5. The van der Waals surface area contributed by atoms with Gasteiger partial charge in [-0.1, -0.05) is 0 Å². The number of amides is 1. The number of piperazine rings is 1. The van der Waals surface area contributed by atoms with Gasteiger partial charge < -0.3 is 14.7 Å². The normalized spacial score (nSPS) is 18.0. The molecule has 1 aliphatic heterocycles. The van der Waals surface area contributed by atoms with Crippen LogP contribution in [0.3, 0.4) is 0 Å². The van der Waals surface area contributed by atoms with E-state index in [0.29, 0.717) is 16.6 Å². The molecule has 1 fully saturated rings. The molecular formula is C17H21BrN2O5. The fourth-order valence-corrected chi connectivity index (χ4v) is 3.04. The van der Waals surface area contributed by atoms with Gasteiger partial charge in [0.15, 0.2) is 6.29 Å². The minimum atomic E-state index is -1.08. The molecule has 25 heavy (non-hydrogen) atoms. The van der Waals surface area contributed by atoms with Gasteiger partial charge in [0.25, 0.3) is 0 Å². The molecule has 1 atom stereocenters. The number of rotatable bonds is 3. The molecule has 0 spiro atoms. The smallest absolute Gasteiger partial charge is 0.411 e. The van der Waals surface area contributed by atoms with Crippen molar-refractivity contribution in [3.05, 3.63) is 28.2 Å². The fourth-order valence-electron chi connectivity index (χ4n) is 2.58. The number of aliphatic carboxylic acids is 1. The molecule has 0 aromatic heterocycles. The van der Waals surface area contributed by atoms with E-state index in [0.717, 1.165) is 12.0 Å². The van der Waals surface area contributed by atoms with E-state index in [1.807, 2.05) is 4.90 Å². The SMILES string of the molecule is CC(C)(C)OC(=O)N1CCN(c2ccc(C=O)c(Br)c2)CC1C(=O)O. The van der Waals surface area contributed by atoms with Crippen LogP contribution in [-0.4, -0.2) is 59.6 Å².